The Morgan fingerprint density at radius 1 is 1.17 bits per heavy atom. The Hall–Kier alpha value is -2.04. The second kappa shape index (κ2) is 7.99. The van der Waals surface area contributed by atoms with Crippen molar-refractivity contribution < 1.29 is 4.79 Å². The van der Waals surface area contributed by atoms with Gasteiger partial charge in [-0.2, -0.15) is 0 Å². The lowest BCUT2D eigenvalue weighted by Crippen LogP contribution is -2.37. The molecule has 122 valence electrons. The summed E-state index contributed by atoms with van der Waals surface area (Å²) in [6, 6.07) is 15.1. The number of anilines is 1. The van der Waals surface area contributed by atoms with Crippen molar-refractivity contribution >= 4 is 23.3 Å². The maximum absolute atomic E-state index is 12.3. The zero-order chi connectivity index (χ0) is 16.8. The number of aryl methyl sites for hydroxylation is 1. The summed E-state index contributed by atoms with van der Waals surface area (Å²) in [6.45, 7) is 2.64. The van der Waals surface area contributed by atoms with Crippen molar-refractivity contribution in [2.45, 2.75) is 13.0 Å². The second-order valence-electron chi connectivity index (χ2n) is 5.79. The number of carbonyl (C=O) groups excluding carboxylic acids is 1. The predicted molar refractivity (Wildman–Crippen MR) is 96.1 cm³/mol. The van der Waals surface area contributed by atoms with E-state index in [0.717, 1.165) is 11.1 Å². The largest absolute Gasteiger partial charge is 0.330 e. The first-order valence-corrected chi connectivity index (χ1v) is 7.87. The van der Waals surface area contributed by atoms with Crippen LogP contribution in [0.1, 0.15) is 17.2 Å². The number of rotatable bonds is 5. The predicted octanol–water partition coefficient (Wildman–Crippen LogP) is 4.07. The molecular weight excluding hydrogens is 310 g/mol. The molecule has 2 rings (SSSR count). The summed E-state index contributed by atoms with van der Waals surface area (Å²) in [5, 5.41) is 6.48. The van der Waals surface area contributed by atoms with Gasteiger partial charge in [0.15, 0.2) is 0 Å². The highest BCUT2D eigenvalue weighted by atomic mass is 35.5. The first kappa shape index (κ1) is 17.3. The molecule has 0 bridgehead atoms. The van der Waals surface area contributed by atoms with Crippen LogP contribution in [0.3, 0.4) is 0 Å². The minimum Gasteiger partial charge on any atom is -0.330 e. The Morgan fingerprint density at radius 2 is 1.87 bits per heavy atom. The molecule has 1 atom stereocenters. The van der Waals surface area contributed by atoms with E-state index in [1.807, 2.05) is 68.4 Å². The first-order chi connectivity index (χ1) is 11.0. The number of halogens is 1. The van der Waals surface area contributed by atoms with E-state index >= 15 is 0 Å². The van der Waals surface area contributed by atoms with Gasteiger partial charge >= 0.3 is 6.03 Å². The summed E-state index contributed by atoms with van der Waals surface area (Å²) < 4.78 is 0. The van der Waals surface area contributed by atoms with Gasteiger partial charge in [-0.05, 0) is 44.3 Å². The number of hydrogen-bond acceptors (Lipinski definition) is 2. The third-order valence-electron chi connectivity index (χ3n) is 3.48. The van der Waals surface area contributed by atoms with Gasteiger partial charge in [0.1, 0.15) is 0 Å². The first-order valence-electron chi connectivity index (χ1n) is 7.49. The molecule has 0 aliphatic rings. The number of nitrogens with zero attached hydrogens (tertiary/aromatic N) is 1. The van der Waals surface area contributed by atoms with Crippen LogP contribution in [0.2, 0.25) is 5.02 Å². The van der Waals surface area contributed by atoms with E-state index in [9.17, 15) is 4.79 Å². The van der Waals surface area contributed by atoms with Crippen molar-refractivity contribution in [2.24, 2.45) is 0 Å². The van der Waals surface area contributed by atoms with Crippen molar-refractivity contribution in [3.8, 4) is 0 Å². The molecule has 0 heterocycles. The highest BCUT2D eigenvalue weighted by molar-refractivity contribution is 6.31. The third-order valence-corrected chi connectivity index (χ3v) is 3.89. The van der Waals surface area contributed by atoms with Crippen LogP contribution in [-0.4, -0.2) is 31.6 Å². The van der Waals surface area contributed by atoms with Crippen LogP contribution in [-0.2, 0) is 0 Å². The molecule has 0 radical (unpaired) electrons. The van der Waals surface area contributed by atoms with Crippen LogP contribution >= 0.6 is 11.6 Å². The lowest BCUT2D eigenvalue weighted by atomic mass is 10.1. The molecule has 0 spiro atoms. The molecule has 0 aromatic heterocycles. The minimum atomic E-state index is -0.249. The molecule has 0 aliphatic heterocycles. The van der Waals surface area contributed by atoms with Gasteiger partial charge in [0, 0.05) is 17.3 Å². The van der Waals surface area contributed by atoms with Gasteiger partial charge < -0.3 is 15.5 Å². The molecule has 2 N–H and O–H groups in total. The van der Waals surface area contributed by atoms with Crippen LogP contribution in [0.5, 0.6) is 0 Å². The van der Waals surface area contributed by atoms with E-state index in [-0.39, 0.29) is 12.1 Å². The van der Waals surface area contributed by atoms with Crippen molar-refractivity contribution in [1.29, 1.82) is 0 Å². The van der Waals surface area contributed by atoms with Gasteiger partial charge in [0.05, 0.1) is 6.04 Å². The molecule has 23 heavy (non-hydrogen) atoms. The van der Waals surface area contributed by atoms with Crippen molar-refractivity contribution in [3.05, 3.63) is 64.7 Å². The maximum atomic E-state index is 12.3. The van der Waals surface area contributed by atoms with Gasteiger partial charge in [-0.3, -0.25) is 0 Å². The van der Waals surface area contributed by atoms with E-state index in [1.165, 1.54) is 0 Å². The summed E-state index contributed by atoms with van der Waals surface area (Å²) in [5.41, 5.74) is 2.72. The number of nitrogens with one attached hydrogen (secondary N) is 2. The van der Waals surface area contributed by atoms with Crippen molar-refractivity contribution in [2.75, 3.05) is 26.0 Å². The highest BCUT2D eigenvalue weighted by Gasteiger charge is 2.15. The Bertz CT molecular complexity index is 659. The SMILES string of the molecule is Cc1ccc(NC(=O)NC(CN(C)C)c2ccccc2)cc1Cl. The Kier molecular flexibility index (Phi) is 6.02. The summed E-state index contributed by atoms with van der Waals surface area (Å²) in [4.78, 5) is 14.3. The lowest BCUT2D eigenvalue weighted by molar-refractivity contribution is 0.244. The van der Waals surface area contributed by atoms with Crippen molar-refractivity contribution in [3.63, 3.8) is 0 Å². The summed E-state index contributed by atoms with van der Waals surface area (Å²) >= 11 is 6.09. The normalized spacial score (nSPS) is 12.0. The maximum Gasteiger partial charge on any atom is 0.319 e. The Balaban J connectivity index is 2.06. The minimum absolute atomic E-state index is 0.0906. The number of likely N-dealkylation sites (N-methyl/N-ethyl adjacent to an activating group) is 1. The highest BCUT2D eigenvalue weighted by Crippen LogP contribution is 2.20. The van der Waals surface area contributed by atoms with Gasteiger partial charge in [0.2, 0.25) is 0 Å². The smallest absolute Gasteiger partial charge is 0.319 e. The van der Waals surface area contributed by atoms with E-state index in [4.69, 9.17) is 11.6 Å². The van der Waals surface area contributed by atoms with Gasteiger partial charge in [-0.25, -0.2) is 4.79 Å². The topological polar surface area (TPSA) is 44.4 Å². The fourth-order valence-corrected chi connectivity index (χ4v) is 2.46. The van der Waals surface area contributed by atoms with Gasteiger partial charge in [-0.1, -0.05) is 48.0 Å². The van der Waals surface area contributed by atoms with Crippen LogP contribution < -0.4 is 10.6 Å². The molecule has 2 aromatic carbocycles. The molecule has 0 saturated heterocycles. The second-order valence-corrected chi connectivity index (χ2v) is 6.20. The Morgan fingerprint density at radius 3 is 2.48 bits per heavy atom. The molecule has 2 aromatic rings. The fourth-order valence-electron chi connectivity index (χ4n) is 2.28. The van der Waals surface area contributed by atoms with E-state index < -0.39 is 0 Å². The van der Waals surface area contributed by atoms with Gasteiger partial charge in [-0.15, -0.1) is 0 Å². The molecule has 0 saturated carbocycles. The average molecular weight is 332 g/mol. The van der Waals surface area contributed by atoms with Crippen LogP contribution in [0.15, 0.2) is 48.5 Å². The van der Waals surface area contributed by atoms with Crippen LogP contribution in [0, 0.1) is 6.92 Å². The molecule has 4 nitrogen and oxygen atoms in total. The number of amides is 2. The quantitative estimate of drug-likeness (QED) is 0.867. The van der Waals surface area contributed by atoms with E-state index in [0.29, 0.717) is 17.3 Å². The fraction of sp³-hybridized carbons (Fsp3) is 0.278. The average Bonchev–Trinajstić information content (AvgIpc) is 2.51. The van der Waals surface area contributed by atoms with Gasteiger partial charge in [0.25, 0.3) is 0 Å². The Labute approximate surface area is 142 Å². The van der Waals surface area contributed by atoms with Crippen molar-refractivity contribution in [1.82, 2.24) is 10.2 Å². The number of hydrogen-bond donors (Lipinski definition) is 2. The molecule has 5 heteroatoms. The lowest BCUT2D eigenvalue weighted by Gasteiger charge is -2.23. The molecule has 1 unspecified atom stereocenters. The summed E-state index contributed by atoms with van der Waals surface area (Å²) in [5.74, 6) is 0. The third kappa shape index (κ3) is 5.27. The monoisotopic (exact) mass is 331 g/mol. The standard InChI is InChI=1S/C18H22ClN3O/c1-13-9-10-15(11-16(13)19)20-18(23)21-17(12-22(2)3)14-7-5-4-6-8-14/h4-11,17H,12H2,1-3H3,(H2,20,21,23). The molecular formula is C18H22ClN3O. The van der Waals surface area contributed by atoms with Crippen LogP contribution in [0.25, 0.3) is 0 Å². The summed E-state index contributed by atoms with van der Waals surface area (Å²) in [7, 11) is 3.96. The number of benzene rings is 2. The number of carbonyl (C=O) groups is 1. The zero-order valence-electron chi connectivity index (χ0n) is 13.6. The molecule has 0 aliphatic carbocycles. The zero-order valence-corrected chi connectivity index (χ0v) is 14.4. The number of urea groups is 1. The molecule has 2 amide bonds. The van der Waals surface area contributed by atoms with E-state index in [1.54, 1.807) is 6.07 Å². The molecule has 0 fully saturated rings. The van der Waals surface area contributed by atoms with E-state index in [2.05, 4.69) is 10.6 Å². The van der Waals surface area contributed by atoms with Crippen LogP contribution in [0.4, 0.5) is 10.5 Å². The summed E-state index contributed by atoms with van der Waals surface area (Å²) in [6.07, 6.45) is 0.